The molecular formula is C14H18N4. The van der Waals surface area contributed by atoms with Gasteiger partial charge in [-0.3, -0.25) is 4.98 Å². The van der Waals surface area contributed by atoms with E-state index in [-0.39, 0.29) is 6.04 Å². The summed E-state index contributed by atoms with van der Waals surface area (Å²) in [6.45, 7) is 2.09. The van der Waals surface area contributed by atoms with Gasteiger partial charge in [-0.2, -0.15) is 0 Å². The Labute approximate surface area is 107 Å². The maximum Gasteiger partial charge on any atom is 0.132 e. The van der Waals surface area contributed by atoms with Gasteiger partial charge in [0, 0.05) is 43.2 Å². The minimum Gasteiger partial charge on any atom is -0.327 e. The van der Waals surface area contributed by atoms with Gasteiger partial charge in [0.05, 0.1) is 0 Å². The summed E-state index contributed by atoms with van der Waals surface area (Å²) in [6, 6.07) is 6.06. The molecule has 0 radical (unpaired) electrons. The Morgan fingerprint density at radius 3 is 2.89 bits per heavy atom. The van der Waals surface area contributed by atoms with Gasteiger partial charge in [0.25, 0.3) is 0 Å². The first-order valence-corrected chi connectivity index (χ1v) is 6.23. The molecule has 0 aromatic carbocycles. The lowest BCUT2D eigenvalue weighted by atomic mass is 10.1. The predicted octanol–water partition coefficient (Wildman–Crippen LogP) is 1.74. The van der Waals surface area contributed by atoms with Crippen LogP contribution in [-0.2, 0) is 12.8 Å². The summed E-state index contributed by atoms with van der Waals surface area (Å²) < 4.78 is 0. The molecule has 2 N–H and O–H groups in total. The molecule has 0 saturated carbocycles. The van der Waals surface area contributed by atoms with Crippen LogP contribution < -0.4 is 5.73 Å². The Kier molecular flexibility index (Phi) is 4.36. The van der Waals surface area contributed by atoms with Crippen molar-refractivity contribution in [2.24, 2.45) is 5.73 Å². The van der Waals surface area contributed by atoms with E-state index < -0.39 is 0 Å². The zero-order valence-electron chi connectivity index (χ0n) is 10.6. The summed E-state index contributed by atoms with van der Waals surface area (Å²) in [5.74, 6) is 0.823. The van der Waals surface area contributed by atoms with Gasteiger partial charge in [-0.1, -0.05) is 13.0 Å². The Balaban J connectivity index is 2.08. The second kappa shape index (κ2) is 6.21. The van der Waals surface area contributed by atoms with Crippen molar-refractivity contribution in [1.29, 1.82) is 0 Å². The summed E-state index contributed by atoms with van der Waals surface area (Å²) >= 11 is 0. The number of aromatic nitrogens is 3. The molecule has 0 amide bonds. The third-order valence-electron chi connectivity index (χ3n) is 2.84. The van der Waals surface area contributed by atoms with E-state index in [0.29, 0.717) is 6.42 Å². The minimum atomic E-state index is 0.172. The van der Waals surface area contributed by atoms with E-state index in [1.165, 1.54) is 0 Å². The van der Waals surface area contributed by atoms with Crippen molar-refractivity contribution in [3.05, 3.63) is 53.9 Å². The number of hydrogen-bond acceptors (Lipinski definition) is 4. The van der Waals surface area contributed by atoms with Crippen molar-refractivity contribution < 1.29 is 0 Å². The number of nitrogens with zero attached hydrogens (tertiary/aromatic N) is 3. The van der Waals surface area contributed by atoms with Gasteiger partial charge in [0.2, 0.25) is 0 Å². The maximum atomic E-state index is 5.94. The molecule has 2 aromatic heterocycles. The van der Waals surface area contributed by atoms with Crippen molar-refractivity contribution in [1.82, 2.24) is 15.0 Å². The average molecular weight is 242 g/mol. The number of nitrogens with two attached hydrogens (primary N) is 1. The van der Waals surface area contributed by atoms with Crippen molar-refractivity contribution >= 4 is 0 Å². The lowest BCUT2D eigenvalue weighted by molar-refractivity contribution is 0.633. The van der Waals surface area contributed by atoms with Crippen molar-refractivity contribution in [2.45, 2.75) is 32.2 Å². The lowest BCUT2D eigenvalue weighted by Crippen LogP contribution is -2.22. The Hall–Kier alpha value is -1.81. The zero-order chi connectivity index (χ0) is 12.8. The lowest BCUT2D eigenvalue weighted by Gasteiger charge is -2.08. The molecule has 0 fully saturated rings. The number of pyridine rings is 1. The fourth-order valence-corrected chi connectivity index (χ4v) is 1.74. The van der Waals surface area contributed by atoms with Crippen LogP contribution in [0.3, 0.4) is 0 Å². The van der Waals surface area contributed by atoms with Gasteiger partial charge in [0.1, 0.15) is 5.82 Å². The van der Waals surface area contributed by atoms with Crippen molar-refractivity contribution in [2.75, 3.05) is 0 Å². The quantitative estimate of drug-likeness (QED) is 0.867. The number of hydrogen-bond donors (Lipinski definition) is 1. The summed E-state index contributed by atoms with van der Waals surface area (Å²) in [5.41, 5.74) is 8.07. The summed E-state index contributed by atoms with van der Waals surface area (Å²) in [7, 11) is 0. The van der Waals surface area contributed by atoms with Gasteiger partial charge in [-0.05, 0) is 24.1 Å². The molecular weight excluding hydrogens is 224 g/mol. The molecule has 18 heavy (non-hydrogen) atoms. The second-order valence-corrected chi connectivity index (χ2v) is 4.37. The zero-order valence-corrected chi connectivity index (χ0v) is 10.6. The van der Waals surface area contributed by atoms with Crippen LogP contribution in [0, 0.1) is 0 Å². The largest absolute Gasteiger partial charge is 0.327 e. The van der Waals surface area contributed by atoms with Gasteiger partial charge >= 0.3 is 0 Å². The molecule has 0 saturated heterocycles. The summed E-state index contributed by atoms with van der Waals surface area (Å²) in [4.78, 5) is 12.9. The van der Waals surface area contributed by atoms with Crippen LogP contribution in [0.15, 0.2) is 36.8 Å². The first-order valence-electron chi connectivity index (χ1n) is 6.23. The van der Waals surface area contributed by atoms with Crippen LogP contribution in [0.1, 0.15) is 30.4 Å². The highest BCUT2D eigenvalue weighted by molar-refractivity contribution is 5.15. The normalized spacial score (nSPS) is 12.3. The van der Waals surface area contributed by atoms with Gasteiger partial charge < -0.3 is 5.73 Å². The van der Waals surface area contributed by atoms with Crippen molar-refractivity contribution in [3.63, 3.8) is 0 Å². The third kappa shape index (κ3) is 3.60. The third-order valence-corrected chi connectivity index (χ3v) is 2.84. The molecule has 0 bridgehead atoms. The first kappa shape index (κ1) is 12.6. The van der Waals surface area contributed by atoms with Crippen LogP contribution >= 0.6 is 0 Å². The highest BCUT2D eigenvalue weighted by Gasteiger charge is 2.05. The molecule has 2 rings (SSSR count). The molecule has 4 nitrogen and oxygen atoms in total. The number of rotatable bonds is 5. The van der Waals surface area contributed by atoms with E-state index in [9.17, 15) is 0 Å². The van der Waals surface area contributed by atoms with E-state index in [1.54, 1.807) is 12.4 Å². The molecule has 0 aliphatic heterocycles. The fourth-order valence-electron chi connectivity index (χ4n) is 1.74. The van der Waals surface area contributed by atoms with Crippen LogP contribution in [0.2, 0.25) is 0 Å². The van der Waals surface area contributed by atoms with Crippen LogP contribution in [0.4, 0.5) is 0 Å². The molecule has 0 spiro atoms. The van der Waals surface area contributed by atoms with E-state index >= 15 is 0 Å². The van der Waals surface area contributed by atoms with E-state index in [4.69, 9.17) is 5.73 Å². The average Bonchev–Trinajstić information content (AvgIpc) is 2.40. The van der Waals surface area contributed by atoms with Crippen molar-refractivity contribution in [3.8, 4) is 0 Å². The van der Waals surface area contributed by atoms with Gasteiger partial charge in [-0.15, -0.1) is 0 Å². The standard InChI is InChI=1S/C14H18N4/c1-2-12(15)9-13-5-7-17-14(18-13)8-11-4-3-6-16-10-11/h3-7,10,12H,2,8-9,15H2,1H3. The van der Waals surface area contributed by atoms with E-state index in [0.717, 1.165) is 29.9 Å². The van der Waals surface area contributed by atoms with Gasteiger partial charge in [0.15, 0.2) is 0 Å². The SMILES string of the molecule is CCC(N)Cc1ccnc(Cc2cccnc2)n1. The fraction of sp³-hybridized carbons (Fsp3) is 0.357. The van der Waals surface area contributed by atoms with Crippen LogP contribution in [0.5, 0.6) is 0 Å². The summed E-state index contributed by atoms with van der Waals surface area (Å²) in [6.07, 6.45) is 7.88. The molecule has 0 aliphatic carbocycles. The smallest absolute Gasteiger partial charge is 0.132 e. The second-order valence-electron chi connectivity index (χ2n) is 4.37. The Bertz CT molecular complexity index is 484. The van der Waals surface area contributed by atoms with E-state index in [1.807, 2.05) is 24.4 Å². The van der Waals surface area contributed by atoms with Crippen LogP contribution in [0.25, 0.3) is 0 Å². The highest BCUT2D eigenvalue weighted by Crippen LogP contribution is 2.06. The first-order chi connectivity index (χ1) is 8.78. The van der Waals surface area contributed by atoms with Crippen LogP contribution in [-0.4, -0.2) is 21.0 Å². The van der Waals surface area contributed by atoms with Gasteiger partial charge in [-0.25, -0.2) is 9.97 Å². The molecule has 4 heteroatoms. The topological polar surface area (TPSA) is 64.7 Å². The minimum absolute atomic E-state index is 0.172. The highest BCUT2D eigenvalue weighted by atomic mass is 14.9. The Morgan fingerprint density at radius 2 is 2.17 bits per heavy atom. The van der Waals surface area contributed by atoms with E-state index in [2.05, 4.69) is 21.9 Å². The molecule has 2 heterocycles. The monoisotopic (exact) mass is 242 g/mol. The maximum absolute atomic E-state index is 5.94. The molecule has 94 valence electrons. The Morgan fingerprint density at radius 1 is 1.28 bits per heavy atom. The predicted molar refractivity (Wildman–Crippen MR) is 71.0 cm³/mol. The molecule has 0 aliphatic rings. The molecule has 1 atom stereocenters. The molecule has 1 unspecified atom stereocenters. The summed E-state index contributed by atoms with van der Waals surface area (Å²) in [5, 5.41) is 0. The molecule has 2 aromatic rings.